The topological polar surface area (TPSA) is 54.9 Å². The van der Waals surface area contributed by atoms with Crippen molar-refractivity contribution in [3.05, 3.63) is 10.0 Å². The molecule has 0 aliphatic rings. The molecule has 1 N–H and O–H groups in total. The Balaban J connectivity index is 2.41. The molecule has 1 amide bonds. The van der Waals surface area contributed by atoms with Crippen LogP contribution in [0.15, 0.2) is 0 Å². The molecular formula is C10H17N3OS. The number of aryl methyl sites for hydroxylation is 1. The van der Waals surface area contributed by atoms with E-state index in [0.29, 0.717) is 6.42 Å². The van der Waals surface area contributed by atoms with Gasteiger partial charge in [0.15, 0.2) is 0 Å². The number of hydrogen-bond acceptors (Lipinski definition) is 4. The second kappa shape index (κ2) is 5.80. The minimum absolute atomic E-state index is 0.0273. The Kier molecular flexibility index (Phi) is 4.68. The number of carbonyl (C=O) groups is 1. The summed E-state index contributed by atoms with van der Waals surface area (Å²) in [5.74, 6) is 0.0946. The minimum Gasteiger partial charge on any atom is -0.347 e. The van der Waals surface area contributed by atoms with Gasteiger partial charge >= 0.3 is 0 Å². The van der Waals surface area contributed by atoms with E-state index in [0.717, 1.165) is 22.9 Å². The number of nitrogens with one attached hydrogen (secondary N) is 1. The molecule has 0 saturated heterocycles. The summed E-state index contributed by atoms with van der Waals surface area (Å²) in [5.41, 5.74) is 0. The molecule has 0 bridgehead atoms. The molecule has 84 valence electrons. The molecular weight excluding hydrogens is 210 g/mol. The Morgan fingerprint density at radius 2 is 2.27 bits per heavy atom. The number of nitrogens with zero attached hydrogens (tertiary/aromatic N) is 2. The van der Waals surface area contributed by atoms with Gasteiger partial charge in [0.2, 0.25) is 5.91 Å². The van der Waals surface area contributed by atoms with Gasteiger partial charge in [-0.1, -0.05) is 24.7 Å². The van der Waals surface area contributed by atoms with Crippen LogP contribution >= 0.6 is 11.3 Å². The smallest absolute Gasteiger partial charge is 0.220 e. The second-order valence-electron chi connectivity index (χ2n) is 3.55. The SMILES string of the molecule is CCCCC(=O)N[C@@H](C)c1nnc(C)s1. The first kappa shape index (κ1) is 12.1. The van der Waals surface area contributed by atoms with E-state index in [1.54, 1.807) is 0 Å². The van der Waals surface area contributed by atoms with E-state index >= 15 is 0 Å². The van der Waals surface area contributed by atoms with Crippen molar-refractivity contribution in [2.24, 2.45) is 0 Å². The number of amides is 1. The molecule has 0 radical (unpaired) electrons. The first-order valence-electron chi connectivity index (χ1n) is 5.22. The van der Waals surface area contributed by atoms with Gasteiger partial charge in [0, 0.05) is 6.42 Å². The molecule has 1 aromatic heterocycles. The highest BCUT2D eigenvalue weighted by atomic mass is 32.1. The van der Waals surface area contributed by atoms with Crippen LogP contribution < -0.4 is 5.32 Å². The van der Waals surface area contributed by atoms with Crippen LogP contribution in [0.1, 0.15) is 49.2 Å². The molecule has 0 saturated carbocycles. The molecule has 5 heteroatoms. The van der Waals surface area contributed by atoms with Crippen LogP contribution in [0, 0.1) is 6.92 Å². The molecule has 0 spiro atoms. The fourth-order valence-corrected chi connectivity index (χ4v) is 1.90. The van der Waals surface area contributed by atoms with Gasteiger partial charge in [-0.15, -0.1) is 10.2 Å². The summed E-state index contributed by atoms with van der Waals surface area (Å²) in [7, 11) is 0. The Labute approximate surface area is 94.1 Å². The highest BCUT2D eigenvalue weighted by Gasteiger charge is 2.12. The van der Waals surface area contributed by atoms with Crippen molar-refractivity contribution >= 4 is 17.2 Å². The quantitative estimate of drug-likeness (QED) is 0.839. The van der Waals surface area contributed by atoms with Crippen molar-refractivity contribution in [1.29, 1.82) is 0 Å². The lowest BCUT2D eigenvalue weighted by Crippen LogP contribution is -2.26. The first-order chi connectivity index (χ1) is 7.13. The number of rotatable bonds is 5. The molecule has 1 rings (SSSR count). The van der Waals surface area contributed by atoms with Crippen LogP contribution in [0.5, 0.6) is 0 Å². The molecule has 0 unspecified atom stereocenters. The van der Waals surface area contributed by atoms with Gasteiger partial charge in [-0.25, -0.2) is 0 Å². The number of hydrogen-bond donors (Lipinski definition) is 1. The van der Waals surface area contributed by atoms with Crippen molar-refractivity contribution in [1.82, 2.24) is 15.5 Å². The summed E-state index contributed by atoms with van der Waals surface area (Å²) in [5, 5.41) is 12.6. The summed E-state index contributed by atoms with van der Waals surface area (Å²) >= 11 is 1.52. The van der Waals surface area contributed by atoms with Gasteiger partial charge in [0.25, 0.3) is 0 Å². The van der Waals surface area contributed by atoms with Gasteiger partial charge in [0.1, 0.15) is 10.0 Å². The maximum absolute atomic E-state index is 11.4. The van der Waals surface area contributed by atoms with Crippen LogP contribution in [0.2, 0.25) is 0 Å². The van der Waals surface area contributed by atoms with Gasteiger partial charge in [-0.05, 0) is 20.3 Å². The molecule has 1 aromatic rings. The third-order valence-electron chi connectivity index (χ3n) is 2.05. The van der Waals surface area contributed by atoms with Crippen LogP contribution in [0.4, 0.5) is 0 Å². The lowest BCUT2D eigenvalue weighted by atomic mass is 10.2. The molecule has 0 aliphatic carbocycles. The molecule has 0 aliphatic heterocycles. The van der Waals surface area contributed by atoms with Gasteiger partial charge in [-0.3, -0.25) is 4.79 Å². The maximum Gasteiger partial charge on any atom is 0.220 e. The van der Waals surface area contributed by atoms with Crippen molar-refractivity contribution in [3.63, 3.8) is 0 Å². The monoisotopic (exact) mass is 227 g/mol. The Morgan fingerprint density at radius 1 is 1.53 bits per heavy atom. The zero-order valence-corrected chi connectivity index (χ0v) is 10.2. The van der Waals surface area contributed by atoms with E-state index in [1.807, 2.05) is 13.8 Å². The average Bonchev–Trinajstić information content (AvgIpc) is 2.61. The normalized spacial score (nSPS) is 12.5. The van der Waals surface area contributed by atoms with Crippen molar-refractivity contribution in [2.45, 2.75) is 46.1 Å². The van der Waals surface area contributed by atoms with Crippen LogP contribution in [-0.4, -0.2) is 16.1 Å². The summed E-state index contributed by atoms with van der Waals surface area (Å²) in [6.07, 6.45) is 2.58. The number of aromatic nitrogens is 2. The molecule has 0 aromatic carbocycles. The standard InChI is InChI=1S/C10H17N3OS/c1-4-5-6-9(14)11-7(2)10-13-12-8(3)15-10/h7H,4-6H2,1-3H3,(H,11,14)/t7-/m0/s1. The lowest BCUT2D eigenvalue weighted by molar-refractivity contribution is -0.121. The Morgan fingerprint density at radius 3 is 2.80 bits per heavy atom. The van der Waals surface area contributed by atoms with E-state index < -0.39 is 0 Å². The predicted molar refractivity (Wildman–Crippen MR) is 60.7 cm³/mol. The first-order valence-corrected chi connectivity index (χ1v) is 6.04. The van der Waals surface area contributed by atoms with E-state index in [9.17, 15) is 4.79 Å². The van der Waals surface area contributed by atoms with Gasteiger partial charge in [0.05, 0.1) is 6.04 Å². The van der Waals surface area contributed by atoms with Crippen molar-refractivity contribution in [3.8, 4) is 0 Å². The Bertz CT molecular complexity index is 324. The van der Waals surface area contributed by atoms with Crippen LogP contribution in [0.25, 0.3) is 0 Å². The Hall–Kier alpha value is -0.970. The molecule has 4 nitrogen and oxygen atoms in total. The van der Waals surface area contributed by atoms with E-state index in [4.69, 9.17) is 0 Å². The third kappa shape index (κ3) is 3.95. The predicted octanol–water partition coefficient (Wildman–Crippen LogP) is 2.21. The van der Waals surface area contributed by atoms with E-state index in [1.165, 1.54) is 11.3 Å². The zero-order chi connectivity index (χ0) is 11.3. The third-order valence-corrected chi connectivity index (χ3v) is 3.07. The van der Waals surface area contributed by atoms with E-state index in [-0.39, 0.29) is 11.9 Å². The summed E-state index contributed by atoms with van der Waals surface area (Å²) in [6, 6.07) is -0.0273. The summed E-state index contributed by atoms with van der Waals surface area (Å²) in [6.45, 7) is 5.92. The van der Waals surface area contributed by atoms with Crippen molar-refractivity contribution in [2.75, 3.05) is 0 Å². The molecule has 0 fully saturated rings. The van der Waals surface area contributed by atoms with Crippen LogP contribution in [-0.2, 0) is 4.79 Å². The number of unbranched alkanes of at least 4 members (excludes halogenated alkanes) is 1. The molecule has 1 heterocycles. The zero-order valence-electron chi connectivity index (χ0n) is 9.41. The van der Waals surface area contributed by atoms with Crippen LogP contribution in [0.3, 0.4) is 0 Å². The van der Waals surface area contributed by atoms with Crippen molar-refractivity contribution < 1.29 is 4.79 Å². The average molecular weight is 227 g/mol. The highest BCUT2D eigenvalue weighted by Crippen LogP contribution is 2.16. The number of carbonyl (C=O) groups excluding carboxylic acids is 1. The summed E-state index contributed by atoms with van der Waals surface area (Å²) in [4.78, 5) is 11.4. The molecule has 1 atom stereocenters. The largest absolute Gasteiger partial charge is 0.347 e. The fraction of sp³-hybridized carbons (Fsp3) is 0.700. The minimum atomic E-state index is -0.0273. The second-order valence-corrected chi connectivity index (χ2v) is 4.77. The highest BCUT2D eigenvalue weighted by molar-refractivity contribution is 7.11. The van der Waals surface area contributed by atoms with E-state index in [2.05, 4.69) is 22.4 Å². The van der Waals surface area contributed by atoms with Gasteiger partial charge in [-0.2, -0.15) is 0 Å². The maximum atomic E-state index is 11.4. The fourth-order valence-electron chi connectivity index (χ4n) is 1.20. The lowest BCUT2D eigenvalue weighted by Gasteiger charge is -2.09. The van der Waals surface area contributed by atoms with Gasteiger partial charge < -0.3 is 5.32 Å². The summed E-state index contributed by atoms with van der Waals surface area (Å²) < 4.78 is 0. The molecule has 15 heavy (non-hydrogen) atoms.